The zero-order valence-electron chi connectivity index (χ0n) is 17.3. The SMILES string of the molecule is C=CCn1c(=NC(=O)c2cccc(Oc3ccccc3)c2)sc2cc(S(C)(=O)=O)ccc21. The highest BCUT2D eigenvalue weighted by Gasteiger charge is 2.13. The average molecular weight is 465 g/mol. The second-order valence-electron chi connectivity index (χ2n) is 7.05. The Kier molecular flexibility index (Phi) is 6.07. The molecule has 6 nitrogen and oxygen atoms in total. The normalized spacial score (nSPS) is 12.1. The summed E-state index contributed by atoms with van der Waals surface area (Å²) in [5.74, 6) is 0.783. The quantitative estimate of drug-likeness (QED) is 0.383. The summed E-state index contributed by atoms with van der Waals surface area (Å²) in [7, 11) is -3.34. The highest BCUT2D eigenvalue weighted by molar-refractivity contribution is 7.90. The number of allylic oxidation sites excluding steroid dienone is 1. The number of ether oxygens (including phenoxy) is 1. The van der Waals surface area contributed by atoms with Crippen molar-refractivity contribution in [1.29, 1.82) is 0 Å². The summed E-state index contributed by atoms with van der Waals surface area (Å²) in [4.78, 5) is 17.9. The minimum Gasteiger partial charge on any atom is -0.457 e. The number of carbonyl (C=O) groups excluding carboxylic acids is 1. The summed E-state index contributed by atoms with van der Waals surface area (Å²) >= 11 is 1.26. The van der Waals surface area contributed by atoms with Gasteiger partial charge in [0.15, 0.2) is 14.6 Å². The molecule has 4 rings (SSSR count). The van der Waals surface area contributed by atoms with Gasteiger partial charge < -0.3 is 9.30 Å². The third-order valence-corrected chi connectivity index (χ3v) is 6.80. The van der Waals surface area contributed by atoms with Crippen LogP contribution in [0, 0.1) is 0 Å². The number of hydrogen-bond donors (Lipinski definition) is 0. The predicted molar refractivity (Wildman–Crippen MR) is 126 cm³/mol. The van der Waals surface area contributed by atoms with Gasteiger partial charge in [-0.05, 0) is 48.5 Å². The van der Waals surface area contributed by atoms with E-state index in [9.17, 15) is 13.2 Å². The Hall–Kier alpha value is -3.49. The highest BCUT2D eigenvalue weighted by Crippen LogP contribution is 2.24. The highest BCUT2D eigenvalue weighted by atomic mass is 32.2. The van der Waals surface area contributed by atoms with E-state index in [1.807, 2.05) is 34.9 Å². The van der Waals surface area contributed by atoms with Gasteiger partial charge >= 0.3 is 0 Å². The maximum absolute atomic E-state index is 12.9. The first kappa shape index (κ1) is 21.7. The fourth-order valence-corrected chi connectivity index (χ4v) is 4.94. The number of fused-ring (bicyclic) bond motifs is 1. The van der Waals surface area contributed by atoms with Crippen LogP contribution in [0.5, 0.6) is 11.5 Å². The second-order valence-corrected chi connectivity index (χ2v) is 10.1. The molecule has 1 heterocycles. The maximum atomic E-state index is 12.9. The van der Waals surface area contributed by atoms with Gasteiger partial charge in [-0.15, -0.1) is 6.58 Å². The molecular weight excluding hydrogens is 444 g/mol. The van der Waals surface area contributed by atoms with Gasteiger partial charge in [-0.1, -0.05) is 41.7 Å². The monoisotopic (exact) mass is 464 g/mol. The van der Waals surface area contributed by atoms with Crippen molar-refractivity contribution in [2.24, 2.45) is 4.99 Å². The Morgan fingerprint density at radius 1 is 1.06 bits per heavy atom. The molecule has 0 bridgehead atoms. The lowest BCUT2D eigenvalue weighted by Gasteiger charge is -2.06. The molecule has 0 saturated carbocycles. The molecule has 0 fully saturated rings. The van der Waals surface area contributed by atoms with Crippen LogP contribution in [0.25, 0.3) is 10.2 Å². The van der Waals surface area contributed by atoms with E-state index in [4.69, 9.17) is 4.74 Å². The molecule has 0 radical (unpaired) electrons. The van der Waals surface area contributed by atoms with Crippen LogP contribution in [0.2, 0.25) is 0 Å². The van der Waals surface area contributed by atoms with E-state index >= 15 is 0 Å². The summed E-state index contributed by atoms with van der Waals surface area (Å²) in [6.45, 7) is 4.21. The summed E-state index contributed by atoms with van der Waals surface area (Å²) in [5.41, 5.74) is 1.17. The number of hydrogen-bond acceptors (Lipinski definition) is 5. The molecule has 0 saturated heterocycles. The molecule has 0 atom stereocenters. The van der Waals surface area contributed by atoms with E-state index in [2.05, 4.69) is 11.6 Å². The summed E-state index contributed by atoms with van der Waals surface area (Å²) in [6, 6.07) is 21.0. The molecule has 32 heavy (non-hydrogen) atoms. The molecule has 1 amide bonds. The second kappa shape index (κ2) is 8.94. The number of sulfone groups is 1. The number of rotatable bonds is 6. The number of nitrogens with zero attached hydrogens (tertiary/aromatic N) is 2. The van der Waals surface area contributed by atoms with Crippen LogP contribution in [-0.2, 0) is 16.4 Å². The van der Waals surface area contributed by atoms with E-state index in [0.29, 0.717) is 28.4 Å². The average Bonchev–Trinajstić information content (AvgIpc) is 3.10. The fourth-order valence-electron chi connectivity index (χ4n) is 3.14. The van der Waals surface area contributed by atoms with Gasteiger partial charge in [-0.2, -0.15) is 4.99 Å². The summed E-state index contributed by atoms with van der Waals surface area (Å²) < 4.78 is 32.2. The third kappa shape index (κ3) is 4.71. The molecular formula is C24H20N2O4S2. The van der Waals surface area contributed by atoms with Crippen LogP contribution in [0.15, 0.2) is 95.3 Å². The Morgan fingerprint density at radius 2 is 1.81 bits per heavy atom. The van der Waals surface area contributed by atoms with E-state index in [0.717, 1.165) is 10.2 Å². The molecule has 1 aromatic heterocycles. The minimum atomic E-state index is -3.34. The van der Waals surface area contributed by atoms with Crippen molar-refractivity contribution in [2.75, 3.05) is 6.26 Å². The standard InChI is InChI=1S/C24H20N2O4S2/c1-3-14-26-21-13-12-20(32(2,28)29)16-22(21)31-24(26)25-23(27)17-8-7-11-19(15-17)30-18-9-5-4-6-10-18/h3-13,15-16H,1,14H2,2H3. The molecule has 0 aliphatic rings. The van der Waals surface area contributed by atoms with E-state index in [1.54, 1.807) is 48.5 Å². The van der Waals surface area contributed by atoms with Gasteiger partial charge in [-0.3, -0.25) is 4.79 Å². The first-order valence-corrected chi connectivity index (χ1v) is 12.4. The third-order valence-electron chi connectivity index (χ3n) is 4.65. The Bertz CT molecular complexity index is 1480. The van der Waals surface area contributed by atoms with Crippen molar-refractivity contribution < 1.29 is 17.9 Å². The van der Waals surface area contributed by atoms with Gasteiger partial charge in [0.05, 0.1) is 15.1 Å². The topological polar surface area (TPSA) is 77.7 Å². The molecule has 0 aliphatic heterocycles. The van der Waals surface area contributed by atoms with Gasteiger partial charge in [0.25, 0.3) is 5.91 Å². The molecule has 8 heteroatoms. The summed E-state index contributed by atoms with van der Waals surface area (Å²) in [6.07, 6.45) is 2.87. The van der Waals surface area contributed by atoms with E-state index in [-0.39, 0.29) is 4.90 Å². The van der Waals surface area contributed by atoms with Crippen LogP contribution in [0.1, 0.15) is 10.4 Å². The molecule has 162 valence electrons. The van der Waals surface area contributed by atoms with E-state index in [1.165, 1.54) is 17.6 Å². The fraction of sp³-hybridized carbons (Fsp3) is 0.0833. The zero-order chi connectivity index (χ0) is 22.7. The number of para-hydroxylation sites is 1. The largest absolute Gasteiger partial charge is 0.457 e. The lowest BCUT2D eigenvalue weighted by Crippen LogP contribution is -2.16. The number of benzene rings is 3. The number of thiazole rings is 1. The molecule has 0 spiro atoms. The molecule has 3 aromatic carbocycles. The zero-order valence-corrected chi connectivity index (χ0v) is 18.9. The number of amides is 1. The van der Waals surface area contributed by atoms with Crippen molar-refractivity contribution in [3.8, 4) is 11.5 Å². The van der Waals surface area contributed by atoms with E-state index < -0.39 is 15.7 Å². The first-order chi connectivity index (χ1) is 15.3. The Labute approximate surface area is 189 Å². The lowest BCUT2D eigenvalue weighted by atomic mass is 10.2. The van der Waals surface area contributed by atoms with Crippen LogP contribution < -0.4 is 9.54 Å². The van der Waals surface area contributed by atoms with Crippen LogP contribution in [0.4, 0.5) is 0 Å². The molecule has 0 N–H and O–H groups in total. The number of aromatic nitrogens is 1. The minimum absolute atomic E-state index is 0.223. The van der Waals surface area contributed by atoms with Crippen molar-refractivity contribution in [3.05, 3.63) is 95.8 Å². The maximum Gasteiger partial charge on any atom is 0.279 e. The smallest absolute Gasteiger partial charge is 0.279 e. The van der Waals surface area contributed by atoms with Gasteiger partial charge in [0.2, 0.25) is 0 Å². The van der Waals surface area contributed by atoms with Crippen molar-refractivity contribution >= 4 is 37.3 Å². The number of carbonyl (C=O) groups is 1. The van der Waals surface area contributed by atoms with Gasteiger partial charge in [0.1, 0.15) is 11.5 Å². The molecule has 0 unspecified atom stereocenters. The van der Waals surface area contributed by atoms with Crippen LogP contribution in [-0.4, -0.2) is 25.1 Å². The van der Waals surface area contributed by atoms with Crippen molar-refractivity contribution in [1.82, 2.24) is 4.57 Å². The summed E-state index contributed by atoms with van der Waals surface area (Å²) in [5, 5.41) is 0. The first-order valence-electron chi connectivity index (χ1n) is 9.71. The molecule has 4 aromatic rings. The lowest BCUT2D eigenvalue weighted by molar-refractivity contribution is 0.0997. The Morgan fingerprint density at radius 3 is 2.53 bits per heavy atom. The van der Waals surface area contributed by atoms with Crippen LogP contribution >= 0.6 is 11.3 Å². The predicted octanol–water partition coefficient (Wildman–Crippen LogP) is 4.83. The van der Waals surface area contributed by atoms with Crippen molar-refractivity contribution in [2.45, 2.75) is 11.4 Å². The van der Waals surface area contributed by atoms with Crippen LogP contribution in [0.3, 0.4) is 0 Å². The molecule has 0 aliphatic carbocycles. The Balaban J connectivity index is 1.73. The van der Waals surface area contributed by atoms with Gasteiger partial charge in [0, 0.05) is 18.4 Å². The van der Waals surface area contributed by atoms with Crippen molar-refractivity contribution in [3.63, 3.8) is 0 Å². The van der Waals surface area contributed by atoms with Gasteiger partial charge in [-0.25, -0.2) is 8.42 Å².